The maximum absolute atomic E-state index is 10.1. The summed E-state index contributed by atoms with van der Waals surface area (Å²) in [7, 11) is 0. The molecule has 1 saturated heterocycles. The van der Waals surface area contributed by atoms with Gasteiger partial charge < -0.3 is 14.6 Å². The summed E-state index contributed by atoms with van der Waals surface area (Å²) < 4.78 is 10.4. The molecule has 1 unspecified atom stereocenters. The minimum atomic E-state index is -0.832. The van der Waals surface area contributed by atoms with Gasteiger partial charge in [0.15, 0.2) is 6.29 Å². The Kier molecular flexibility index (Phi) is 3.49. The zero-order valence-corrected chi connectivity index (χ0v) is 7.16. The van der Waals surface area contributed by atoms with E-state index in [0.717, 1.165) is 13.0 Å². The van der Waals surface area contributed by atoms with Crippen LogP contribution >= 0.6 is 0 Å². The van der Waals surface area contributed by atoms with E-state index in [4.69, 9.17) is 14.6 Å². The van der Waals surface area contributed by atoms with Crippen molar-refractivity contribution in [2.75, 3.05) is 13.2 Å². The van der Waals surface area contributed by atoms with Crippen LogP contribution in [0.2, 0.25) is 0 Å². The molecule has 0 spiro atoms. The van der Waals surface area contributed by atoms with Gasteiger partial charge in [-0.05, 0) is 5.92 Å². The summed E-state index contributed by atoms with van der Waals surface area (Å²) in [5.74, 6) is -0.305. The van der Waals surface area contributed by atoms with Crippen LogP contribution in [0.3, 0.4) is 0 Å². The third-order valence-corrected chi connectivity index (χ3v) is 1.78. The molecule has 4 nitrogen and oxygen atoms in total. The van der Waals surface area contributed by atoms with Crippen molar-refractivity contribution < 1.29 is 19.4 Å². The largest absolute Gasteiger partial charge is 0.481 e. The first-order valence-electron chi connectivity index (χ1n) is 4.13. The van der Waals surface area contributed by atoms with Gasteiger partial charge in [0.2, 0.25) is 0 Å². The highest BCUT2D eigenvalue weighted by molar-refractivity contribution is 5.66. The molecule has 0 aliphatic carbocycles. The van der Waals surface area contributed by atoms with Crippen molar-refractivity contribution in [3.8, 4) is 0 Å². The van der Waals surface area contributed by atoms with E-state index in [1.165, 1.54) is 0 Å². The van der Waals surface area contributed by atoms with E-state index in [1.54, 1.807) is 0 Å². The van der Waals surface area contributed by atoms with Crippen LogP contribution in [0.25, 0.3) is 0 Å². The maximum Gasteiger partial charge on any atom is 0.305 e. The lowest BCUT2D eigenvalue weighted by Gasteiger charge is -2.08. The van der Waals surface area contributed by atoms with E-state index in [0.29, 0.717) is 5.92 Å². The zero-order chi connectivity index (χ0) is 8.97. The van der Waals surface area contributed by atoms with Gasteiger partial charge in [-0.3, -0.25) is 4.79 Å². The van der Waals surface area contributed by atoms with Gasteiger partial charge in [0.1, 0.15) is 0 Å². The molecule has 1 heterocycles. The fourth-order valence-corrected chi connectivity index (χ4v) is 1.13. The highest BCUT2D eigenvalue weighted by Crippen LogP contribution is 2.19. The Morgan fingerprint density at radius 2 is 2.50 bits per heavy atom. The molecule has 1 aliphatic heterocycles. The molecule has 1 N–H and O–H groups in total. The van der Waals surface area contributed by atoms with E-state index in [9.17, 15) is 4.79 Å². The summed E-state index contributed by atoms with van der Waals surface area (Å²) in [6, 6.07) is 0. The molecule has 70 valence electrons. The van der Waals surface area contributed by atoms with Gasteiger partial charge in [-0.15, -0.1) is 0 Å². The molecule has 0 aromatic rings. The molecule has 0 aromatic carbocycles. The minimum absolute atomic E-state index is 0.0498. The van der Waals surface area contributed by atoms with Gasteiger partial charge in [-0.25, -0.2) is 0 Å². The first-order valence-corrected chi connectivity index (χ1v) is 4.13. The summed E-state index contributed by atoms with van der Waals surface area (Å²) >= 11 is 0. The lowest BCUT2D eigenvalue weighted by molar-refractivity contribution is -0.143. The molecule has 0 bridgehead atoms. The van der Waals surface area contributed by atoms with Gasteiger partial charge in [-0.2, -0.15) is 0 Å². The topological polar surface area (TPSA) is 55.8 Å². The van der Waals surface area contributed by atoms with Crippen LogP contribution in [0.5, 0.6) is 0 Å². The van der Waals surface area contributed by atoms with Crippen molar-refractivity contribution in [1.29, 1.82) is 0 Å². The lowest BCUT2D eigenvalue weighted by atomic mass is 10.1. The molecule has 4 heteroatoms. The molecule has 0 aromatic heterocycles. The molecule has 0 radical (unpaired) electrons. The van der Waals surface area contributed by atoms with Crippen LogP contribution < -0.4 is 0 Å². The van der Waals surface area contributed by atoms with E-state index in [-0.39, 0.29) is 19.3 Å². The van der Waals surface area contributed by atoms with Crippen LogP contribution in [-0.4, -0.2) is 30.6 Å². The number of carbonyl (C=O) groups is 1. The van der Waals surface area contributed by atoms with Crippen molar-refractivity contribution in [1.82, 2.24) is 0 Å². The molecule has 1 rings (SSSR count). The highest BCUT2D eigenvalue weighted by atomic mass is 16.7. The summed E-state index contributed by atoms with van der Waals surface area (Å²) in [4.78, 5) is 10.1. The Morgan fingerprint density at radius 3 is 3.00 bits per heavy atom. The van der Waals surface area contributed by atoms with Crippen molar-refractivity contribution in [2.45, 2.75) is 26.1 Å². The fraction of sp³-hybridized carbons (Fsp3) is 0.875. The molecular formula is C8H14O4. The Balaban J connectivity index is 2.04. The van der Waals surface area contributed by atoms with Gasteiger partial charge in [0.05, 0.1) is 19.6 Å². The standard InChI is InChI=1S/C8H14O4/c1-6-4-8(12-5-6)11-3-2-7(9)10/h6,8H,2-5H2,1H3,(H,9,10)/t6-,8?/m1/s1. The second-order valence-electron chi connectivity index (χ2n) is 3.12. The summed E-state index contributed by atoms with van der Waals surface area (Å²) in [6.07, 6.45) is 0.743. The van der Waals surface area contributed by atoms with Gasteiger partial charge in [0.25, 0.3) is 0 Å². The van der Waals surface area contributed by atoms with E-state index < -0.39 is 5.97 Å². The van der Waals surface area contributed by atoms with Crippen LogP contribution in [0, 0.1) is 5.92 Å². The first kappa shape index (κ1) is 9.48. The average Bonchev–Trinajstić information content (AvgIpc) is 2.35. The Bertz CT molecular complexity index is 157. The number of carboxylic acids is 1. The normalized spacial score (nSPS) is 29.1. The summed E-state index contributed by atoms with van der Waals surface area (Å²) in [5.41, 5.74) is 0. The predicted molar refractivity (Wildman–Crippen MR) is 41.7 cm³/mol. The highest BCUT2D eigenvalue weighted by Gasteiger charge is 2.22. The number of rotatable bonds is 4. The van der Waals surface area contributed by atoms with Crippen LogP contribution in [-0.2, 0) is 14.3 Å². The molecular weight excluding hydrogens is 160 g/mol. The van der Waals surface area contributed by atoms with Crippen molar-refractivity contribution in [3.63, 3.8) is 0 Å². The van der Waals surface area contributed by atoms with Crippen molar-refractivity contribution in [2.24, 2.45) is 5.92 Å². The number of aliphatic carboxylic acids is 1. The zero-order valence-electron chi connectivity index (χ0n) is 7.16. The molecule has 1 fully saturated rings. The quantitative estimate of drug-likeness (QED) is 0.686. The minimum Gasteiger partial charge on any atom is -0.481 e. The van der Waals surface area contributed by atoms with E-state index in [2.05, 4.69) is 6.92 Å². The SMILES string of the molecule is C[C@H]1COC(OCCC(=O)O)C1. The van der Waals surface area contributed by atoms with Gasteiger partial charge >= 0.3 is 5.97 Å². The van der Waals surface area contributed by atoms with Crippen LogP contribution in [0.1, 0.15) is 19.8 Å². The predicted octanol–water partition coefficient (Wildman–Crippen LogP) is 0.860. The maximum atomic E-state index is 10.1. The average molecular weight is 174 g/mol. The fourth-order valence-electron chi connectivity index (χ4n) is 1.13. The number of hydrogen-bond donors (Lipinski definition) is 1. The van der Waals surface area contributed by atoms with Crippen LogP contribution in [0.15, 0.2) is 0 Å². The third kappa shape index (κ3) is 3.19. The molecule has 2 atom stereocenters. The summed E-state index contributed by atoms with van der Waals surface area (Å²) in [5, 5.41) is 8.32. The van der Waals surface area contributed by atoms with Crippen molar-refractivity contribution >= 4 is 5.97 Å². The lowest BCUT2D eigenvalue weighted by Crippen LogP contribution is -2.13. The molecule has 1 aliphatic rings. The number of hydrogen-bond acceptors (Lipinski definition) is 3. The second kappa shape index (κ2) is 4.42. The second-order valence-corrected chi connectivity index (χ2v) is 3.12. The van der Waals surface area contributed by atoms with E-state index in [1.807, 2.05) is 0 Å². The monoisotopic (exact) mass is 174 g/mol. The smallest absolute Gasteiger partial charge is 0.305 e. The van der Waals surface area contributed by atoms with E-state index >= 15 is 0 Å². The Hall–Kier alpha value is -0.610. The molecule has 0 saturated carbocycles. The van der Waals surface area contributed by atoms with Crippen LogP contribution in [0.4, 0.5) is 0 Å². The van der Waals surface area contributed by atoms with Crippen molar-refractivity contribution in [3.05, 3.63) is 0 Å². The first-order chi connectivity index (χ1) is 5.68. The summed E-state index contributed by atoms with van der Waals surface area (Å²) in [6.45, 7) is 3.05. The Morgan fingerprint density at radius 1 is 1.75 bits per heavy atom. The molecule has 12 heavy (non-hydrogen) atoms. The Labute approximate surface area is 71.5 Å². The van der Waals surface area contributed by atoms with Gasteiger partial charge in [-0.1, -0.05) is 6.92 Å². The molecule has 0 amide bonds. The number of carboxylic acid groups (broad SMARTS) is 1. The van der Waals surface area contributed by atoms with Gasteiger partial charge in [0, 0.05) is 6.42 Å². The third-order valence-electron chi connectivity index (χ3n) is 1.78. The number of ether oxygens (including phenoxy) is 2.